The lowest BCUT2D eigenvalue weighted by atomic mass is 10.4. The summed E-state index contributed by atoms with van der Waals surface area (Å²) in [5.41, 5.74) is 5.41. The number of aliphatic hydroxyl groups excluding tert-OH is 1. The lowest BCUT2D eigenvalue weighted by Gasteiger charge is -2.09. The minimum absolute atomic E-state index is 0.0104. The third-order valence-corrected chi connectivity index (χ3v) is 1.93. The molecule has 9 heteroatoms. The molecule has 100 valence electrons. The molecule has 0 bridgehead atoms. The highest BCUT2D eigenvalue weighted by Gasteiger charge is 2.14. The molecule has 0 fully saturated rings. The molecule has 9 nitrogen and oxygen atoms in total. The first kappa shape index (κ1) is 14.1. The first-order chi connectivity index (χ1) is 8.72. The van der Waals surface area contributed by atoms with Crippen LogP contribution in [0, 0.1) is 4.91 Å². The molecule has 0 saturated carbocycles. The third-order valence-electron chi connectivity index (χ3n) is 1.93. The van der Waals surface area contributed by atoms with Crippen molar-refractivity contribution in [1.82, 2.24) is 9.97 Å². The van der Waals surface area contributed by atoms with Gasteiger partial charge in [-0.05, 0) is 5.18 Å². The average molecular weight is 257 g/mol. The summed E-state index contributed by atoms with van der Waals surface area (Å²) in [5.74, 6) is 0.163. The molecule has 0 saturated heterocycles. The Morgan fingerprint density at radius 1 is 1.44 bits per heavy atom. The van der Waals surface area contributed by atoms with Gasteiger partial charge in [0.1, 0.15) is 0 Å². The smallest absolute Gasteiger partial charge is 0.250 e. The van der Waals surface area contributed by atoms with Crippen molar-refractivity contribution < 1.29 is 14.6 Å². The van der Waals surface area contributed by atoms with E-state index in [0.29, 0.717) is 13.2 Å². The predicted molar refractivity (Wildman–Crippen MR) is 64.8 cm³/mol. The monoisotopic (exact) mass is 257 g/mol. The van der Waals surface area contributed by atoms with E-state index in [1.165, 1.54) is 7.11 Å². The van der Waals surface area contributed by atoms with Gasteiger partial charge in [-0.15, -0.1) is 4.91 Å². The van der Waals surface area contributed by atoms with Crippen molar-refractivity contribution in [3.05, 3.63) is 4.91 Å². The fraction of sp³-hybridized carbons (Fsp3) is 0.556. The molecule has 0 aliphatic rings. The summed E-state index contributed by atoms with van der Waals surface area (Å²) >= 11 is 0. The lowest BCUT2D eigenvalue weighted by Crippen LogP contribution is -2.13. The Morgan fingerprint density at radius 3 is 2.83 bits per heavy atom. The summed E-state index contributed by atoms with van der Waals surface area (Å²) in [6.45, 7) is 0.915. The molecule has 1 aromatic heterocycles. The third kappa shape index (κ3) is 3.79. The van der Waals surface area contributed by atoms with Crippen molar-refractivity contribution in [2.24, 2.45) is 5.18 Å². The zero-order valence-electron chi connectivity index (χ0n) is 9.92. The van der Waals surface area contributed by atoms with E-state index in [9.17, 15) is 4.91 Å². The number of nitroso groups, excluding NO2 is 1. The number of hydrogen-bond acceptors (Lipinski definition) is 9. The topological polar surface area (TPSA) is 132 Å². The fourth-order valence-electron chi connectivity index (χ4n) is 1.21. The van der Waals surface area contributed by atoms with Crippen LogP contribution in [0.25, 0.3) is 0 Å². The molecule has 18 heavy (non-hydrogen) atoms. The van der Waals surface area contributed by atoms with Gasteiger partial charge in [0.05, 0.1) is 26.9 Å². The van der Waals surface area contributed by atoms with Crippen LogP contribution in [0.5, 0.6) is 5.88 Å². The van der Waals surface area contributed by atoms with E-state index >= 15 is 0 Å². The maximum atomic E-state index is 10.7. The fourth-order valence-corrected chi connectivity index (χ4v) is 1.21. The van der Waals surface area contributed by atoms with E-state index < -0.39 is 0 Å². The van der Waals surface area contributed by atoms with Gasteiger partial charge in [0.25, 0.3) is 5.88 Å². The summed E-state index contributed by atoms with van der Waals surface area (Å²) in [5, 5.41) is 14.1. The molecule has 1 aromatic rings. The number of nitrogens with two attached hydrogens (primary N) is 1. The van der Waals surface area contributed by atoms with E-state index in [1.807, 2.05) is 0 Å². The van der Waals surface area contributed by atoms with Crippen molar-refractivity contribution in [3.8, 4) is 5.88 Å². The van der Waals surface area contributed by atoms with Gasteiger partial charge in [0, 0.05) is 6.54 Å². The SMILES string of the molecule is COc1nc(N)nc(NCCOCCO)c1N=O. The van der Waals surface area contributed by atoms with Crippen LogP contribution >= 0.6 is 0 Å². The number of nitrogen functional groups attached to an aromatic ring is 1. The number of aromatic nitrogens is 2. The molecule has 1 rings (SSSR count). The molecular formula is C9H15N5O4. The van der Waals surface area contributed by atoms with Gasteiger partial charge in [-0.1, -0.05) is 0 Å². The van der Waals surface area contributed by atoms with E-state index in [1.54, 1.807) is 0 Å². The molecular weight excluding hydrogens is 242 g/mol. The number of rotatable bonds is 8. The molecule has 0 aliphatic heterocycles. The van der Waals surface area contributed by atoms with E-state index in [4.69, 9.17) is 20.3 Å². The molecule has 0 aliphatic carbocycles. The van der Waals surface area contributed by atoms with E-state index in [0.717, 1.165) is 0 Å². The van der Waals surface area contributed by atoms with Crippen LogP contribution < -0.4 is 15.8 Å². The Balaban J connectivity index is 2.68. The summed E-state index contributed by atoms with van der Waals surface area (Å²) in [4.78, 5) is 18.3. The van der Waals surface area contributed by atoms with Crippen molar-refractivity contribution >= 4 is 17.5 Å². The molecule has 0 atom stereocenters. The Morgan fingerprint density at radius 2 is 2.22 bits per heavy atom. The van der Waals surface area contributed by atoms with Gasteiger partial charge in [-0.3, -0.25) is 0 Å². The van der Waals surface area contributed by atoms with Crippen LogP contribution in [0.15, 0.2) is 5.18 Å². The Kier molecular flexibility index (Phi) is 5.74. The highest BCUT2D eigenvalue weighted by molar-refractivity contribution is 5.67. The van der Waals surface area contributed by atoms with Gasteiger partial charge >= 0.3 is 0 Å². The van der Waals surface area contributed by atoms with Crippen molar-refractivity contribution in [1.29, 1.82) is 0 Å². The summed E-state index contributed by atoms with van der Waals surface area (Å²) in [6, 6.07) is 0. The molecule has 1 heterocycles. The minimum Gasteiger partial charge on any atom is -0.479 e. The van der Waals surface area contributed by atoms with E-state index in [2.05, 4.69) is 20.5 Å². The average Bonchev–Trinajstić information content (AvgIpc) is 2.37. The summed E-state index contributed by atoms with van der Waals surface area (Å²) < 4.78 is 9.91. The number of aliphatic hydroxyl groups is 1. The van der Waals surface area contributed by atoms with Gasteiger partial charge in [0.15, 0.2) is 5.82 Å². The second-order valence-electron chi connectivity index (χ2n) is 3.14. The molecule has 0 amide bonds. The van der Waals surface area contributed by atoms with Crippen LogP contribution in [0.3, 0.4) is 0 Å². The highest BCUT2D eigenvalue weighted by atomic mass is 16.5. The van der Waals surface area contributed by atoms with Crippen LogP contribution in [0.4, 0.5) is 17.5 Å². The normalized spacial score (nSPS) is 10.1. The zero-order chi connectivity index (χ0) is 13.4. The van der Waals surface area contributed by atoms with E-state index in [-0.39, 0.29) is 36.5 Å². The predicted octanol–water partition coefficient (Wildman–Crippen LogP) is -0.114. The maximum absolute atomic E-state index is 10.7. The molecule has 4 N–H and O–H groups in total. The highest BCUT2D eigenvalue weighted by Crippen LogP contribution is 2.32. The van der Waals surface area contributed by atoms with Crippen LogP contribution in [-0.2, 0) is 4.74 Å². The number of methoxy groups -OCH3 is 1. The van der Waals surface area contributed by atoms with Gasteiger partial charge in [-0.2, -0.15) is 9.97 Å². The second-order valence-corrected chi connectivity index (χ2v) is 3.14. The lowest BCUT2D eigenvalue weighted by molar-refractivity contribution is 0.0992. The standard InChI is InChI=1S/C9H15N5O4/c1-17-8-6(14-16)7(12-9(10)13-8)11-2-4-18-5-3-15/h15H,2-5H2,1H3,(H3,10,11,12,13). The molecule has 0 radical (unpaired) electrons. The quantitative estimate of drug-likeness (QED) is 0.434. The number of hydrogen-bond donors (Lipinski definition) is 3. The second kappa shape index (κ2) is 7.35. The van der Waals surface area contributed by atoms with Gasteiger partial charge in [-0.25, -0.2) is 0 Å². The van der Waals surface area contributed by atoms with Crippen molar-refractivity contribution in [2.75, 3.05) is 44.5 Å². The van der Waals surface area contributed by atoms with Crippen LogP contribution in [0.2, 0.25) is 0 Å². The summed E-state index contributed by atoms with van der Waals surface area (Å²) in [6.07, 6.45) is 0. The number of ether oxygens (including phenoxy) is 2. The number of anilines is 2. The molecule has 0 spiro atoms. The maximum Gasteiger partial charge on any atom is 0.250 e. The zero-order valence-corrected chi connectivity index (χ0v) is 9.92. The Bertz CT molecular complexity index is 401. The summed E-state index contributed by atoms with van der Waals surface area (Å²) in [7, 11) is 1.35. The molecule has 0 unspecified atom stereocenters. The number of nitrogens with one attached hydrogen (secondary N) is 1. The molecule has 0 aromatic carbocycles. The first-order valence-electron chi connectivity index (χ1n) is 5.20. The first-order valence-corrected chi connectivity index (χ1v) is 5.20. The Hall–Kier alpha value is -2.00. The van der Waals surface area contributed by atoms with Crippen molar-refractivity contribution in [2.45, 2.75) is 0 Å². The Labute approximate surface area is 103 Å². The van der Waals surface area contributed by atoms with Gasteiger partial charge < -0.3 is 25.6 Å². The van der Waals surface area contributed by atoms with Crippen LogP contribution in [-0.4, -0.2) is 48.5 Å². The van der Waals surface area contributed by atoms with Gasteiger partial charge in [0.2, 0.25) is 11.6 Å². The van der Waals surface area contributed by atoms with Crippen molar-refractivity contribution in [3.63, 3.8) is 0 Å². The minimum atomic E-state index is -0.0474. The van der Waals surface area contributed by atoms with Crippen LogP contribution in [0.1, 0.15) is 0 Å². The number of nitrogens with zero attached hydrogens (tertiary/aromatic N) is 3. The largest absolute Gasteiger partial charge is 0.479 e.